The van der Waals surface area contributed by atoms with Crippen LogP contribution in [0.25, 0.3) is 10.8 Å². The van der Waals surface area contributed by atoms with Crippen LogP contribution < -0.4 is 5.32 Å². The highest BCUT2D eigenvalue weighted by atomic mass is 16.2. The summed E-state index contributed by atoms with van der Waals surface area (Å²) in [7, 11) is 0. The molecule has 0 aliphatic carbocycles. The second-order valence-corrected chi connectivity index (χ2v) is 5.69. The SMILES string of the molecule is O=C(c1cccc2ccccc12)N1CCNc2ncccc2C1. The Balaban J connectivity index is 1.71. The molecule has 0 unspecified atom stereocenters. The molecule has 0 atom stereocenters. The summed E-state index contributed by atoms with van der Waals surface area (Å²) in [5, 5.41) is 5.39. The van der Waals surface area contributed by atoms with Crippen LogP contribution in [-0.2, 0) is 6.54 Å². The number of nitrogens with zero attached hydrogens (tertiary/aromatic N) is 2. The van der Waals surface area contributed by atoms with Crippen molar-refractivity contribution in [2.45, 2.75) is 6.54 Å². The highest BCUT2D eigenvalue weighted by Gasteiger charge is 2.21. The molecule has 0 saturated heterocycles. The van der Waals surface area contributed by atoms with Crippen molar-refractivity contribution in [3.8, 4) is 0 Å². The summed E-state index contributed by atoms with van der Waals surface area (Å²) in [6.07, 6.45) is 1.77. The van der Waals surface area contributed by atoms with Gasteiger partial charge in [-0.25, -0.2) is 4.98 Å². The maximum absolute atomic E-state index is 13.1. The minimum atomic E-state index is 0.0697. The highest BCUT2D eigenvalue weighted by molar-refractivity contribution is 6.07. The van der Waals surface area contributed by atoms with Crippen molar-refractivity contribution in [1.29, 1.82) is 0 Å². The lowest BCUT2D eigenvalue weighted by Crippen LogP contribution is -2.32. The first-order valence-corrected chi connectivity index (χ1v) is 7.78. The van der Waals surface area contributed by atoms with Crippen LogP contribution in [0.3, 0.4) is 0 Å². The monoisotopic (exact) mass is 303 g/mol. The van der Waals surface area contributed by atoms with Gasteiger partial charge in [0.1, 0.15) is 5.82 Å². The first-order valence-electron chi connectivity index (χ1n) is 7.78. The van der Waals surface area contributed by atoms with Crippen LogP contribution in [0.4, 0.5) is 5.82 Å². The molecular formula is C19H17N3O. The Hall–Kier alpha value is -2.88. The van der Waals surface area contributed by atoms with Crippen LogP contribution in [0, 0.1) is 0 Å². The summed E-state index contributed by atoms with van der Waals surface area (Å²) in [4.78, 5) is 19.3. The van der Waals surface area contributed by atoms with E-state index in [9.17, 15) is 4.79 Å². The standard InChI is InChI=1S/C19H17N3O/c23-19(17-9-3-6-14-5-1-2-8-16(14)17)22-12-11-21-18-15(13-22)7-4-10-20-18/h1-10H,11-13H2,(H,20,21). The number of carbonyl (C=O) groups excluding carboxylic acids is 1. The predicted molar refractivity (Wildman–Crippen MR) is 91.4 cm³/mol. The van der Waals surface area contributed by atoms with E-state index >= 15 is 0 Å². The number of anilines is 1. The van der Waals surface area contributed by atoms with Crippen molar-refractivity contribution in [2.75, 3.05) is 18.4 Å². The third-order valence-electron chi connectivity index (χ3n) is 4.23. The van der Waals surface area contributed by atoms with Crippen LogP contribution in [0.5, 0.6) is 0 Å². The van der Waals surface area contributed by atoms with E-state index in [0.717, 1.165) is 27.7 Å². The number of fused-ring (bicyclic) bond motifs is 2. The quantitative estimate of drug-likeness (QED) is 0.750. The maximum Gasteiger partial charge on any atom is 0.254 e. The van der Waals surface area contributed by atoms with Gasteiger partial charge >= 0.3 is 0 Å². The van der Waals surface area contributed by atoms with Gasteiger partial charge in [-0.2, -0.15) is 0 Å². The van der Waals surface area contributed by atoms with Crippen molar-refractivity contribution in [2.24, 2.45) is 0 Å². The number of benzene rings is 2. The number of hydrogen-bond donors (Lipinski definition) is 1. The average Bonchev–Trinajstić information content (AvgIpc) is 2.83. The summed E-state index contributed by atoms with van der Waals surface area (Å²) < 4.78 is 0. The smallest absolute Gasteiger partial charge is 0.254 e. The molecule has 1 aliphatic heterocycles. The molecule has 0 radical (unpaired) electrons. The second-order valence-electron chi connectivity index (χ2n) is 5.69. The number of hydrogen-bond acceptors (Lipinski definition) is 3. The molecule has 4 rings (SSSR count). The van der Waals surface area contributed by atoms with Crippen molar-refractivity contribution in [1.82, 2.24) is 9.88 Å². The molecule has 114 valence electrons. The Labute approximate surface area is 134 Å². The molecule has 0 fully saturated rings. The molecule has 1 amide bonds. The van der Waals surface area contributed by atoms with Gasteiger partial charge in [-0.05, 0) is 22.9 Å². The normalized spacial score (nSPS) is 14.0. The third-order valence-corrected chi connectivity index (χ3v) is 4.23. The van der Waals surface area contributed by atoms with Gasteiger partial charge in [0.15, 0.2) is 0 Å². The fourth-order valence-corrected chi connectivity index (χ4v) is 3.07. The fraction of sp³-hybridized carbons (Fsp3) is 0.158. The van der Waals surface area contributed by atoms with Gasteiger partial charge in [-0.15, -0.1) is 0 Å². The molecule has 0 spiro atoms. The number of nitrogens with one attached hydrogen (secondary N) is 1. The van der Waals surface area contributed by atoms with Crippen LogP contribution in [0.1, 0.15) is 15.9 Å². The zero-order chi connectivity index (χ0) is 15.6. The van der Waals surface area contributed by atoms with E-state index in [0.29, 0.717) is 19.6 Å². The summed E-state index contributed by atoms with van der Waals surface area (Å²) in [6.45, 7) is 1.96. The van der Waals surface area contributed by atoms with Gasteiger partial charge in [0.05, 0.1) is 0 Å². The predicted octanol–water partition coefficient (Wildman–Crippen LogP) is 3.30. The van der Waals surface area contributed by atoms with Crippen LogP contribution in [0.15, 0.2) is 60.8 Å². The van der Waals surface area contributed by atoms with E-state index in [2.05, 4.69) is 10.3 Å². The lowest BCUT2D eigenvalue weighted by Gasteiger charge is -2.21. The number of pyridine rings is 1. The highest BCUT2D eigenvalue weighted by Crippen LogP contribution is 2.23. The number of carbonyl (C=O) groups is 1. The van der Waals surface area contributed by atoms with Gasteiger partial charge in [0.2, 0.25) is 0 Å². The first kappa shape index (κ1) is 13.8. The molecule has 2 aromatic carbocycles. The number of rotatable bonds is 1. The van der Waals surface area contributed by atoms with Crippen molar-refractivity contribution >= 4 is 22.5 Å². The largest absolute Gasteiger partial charge is 0.368 e. The lowest BCUT2D eigenvalue weighted by atomic mass is 10.0. The molecule has 0 bridgehead atoms. The van der Waals surface area contributed by atoms with Crippen LogP contribution in [0.2, 0.25) is 0 Å². The Morgan fingerprint density at radius 3 is 2.87 bits per heavy atom. The van der Waals surface area contributed by atoms with Crippen molar-refractivity contribution in [3.63, 3.8) is 0 Å². The Kier molecular flexibility index (Phi) is 3.42. The van der Waals surface area contributed by atoms with Crippen molar-refractivity contribution < 1.29 is 4.79 Å². The number of aromatic nitrogens is 1. The summed E-state index contributed by atoms with van der Waals surface area (Å²) >= 11 is 0. The molecule has 1 aliphatic rings. The molecule has 2 heterocycles. The molecule has 1 aromatic heterocycles. The van der Waals surface area contributed by atoms with Crippen LogP contribution >= 0.6 is 0 Å². The lowest BCUT2D eigenvalue weighted by molar-refractivity contribution is 0.0755. The molecule has 0 saturated carbocycles. The summed E-state index contributed by atoms with van der Waals surface area (Å²) in [6, 6.07) is 17.8. The second kappa shape index (κ2) is 5.72. The summed E-state index contributed by atoms with van der Waals surface area (Å²) in [5.74, 6) is 0.945. The third kappa shape index (κ3) is 2.52. The van der Waals surface area contributed by atoms with Crippen LogP contribution in [-0.4, -0.2) is 28.9 Å². The Morgan fingerprint density at radius 2 is 1.91 bits per heavy atom. The number of amides is 1. The molecule has 4 nitrogen and oxygen atoms in total. The first-order chi connectivity index (χ1) is 11.3. The van der Waals surface area contributed by atoms with E-state index < -0.39 is 0 Å². The Morgan fingerprint density at radius 1 is 1.04 bits per heavy atom. The van der Waals surface area contributed by atoms with Gasteiger partial charge in [0, 0.05) is 37.0 Å². The zero-order valence-electron chi connectivity index (χ0n) is 12.7. The van der Waals surface area contributed by atoms with E-state index in [1.165, 1.54) is 0 Å². The minimum Gasteiger partial charge on any atom is -0.368 e. The molecule has 23 heavy (non-hydrogen) atoms. The Bertz CT molecular complexity index is 870. The minimum absolute atomic E-state index is 0.0697. The van der Waals surface area contributed by atoms with Gasteiger partial charge in [0.25, 0.3) is 5.91 Å². The average molecular weight is 303 g/mol. The maximum atomic E-state index is 13.1. The molecule has 3 aromatic rings. The van der Waals surface area contributed by atoms with E-state index in [-0.39, 0.29) is 5.91 Å². The van der Waals surface area contributed by atoms with Crippen molar-refractivity contribution in [3.05, 3.63) is 71.9 Å². The summed E-state index contributed by atoms with van der Waals surface area (Å²) in [5.41, 5.74) is 1.81. The fourth-order valence-electron chi connectivity index (χ4n) is 3.07. The topological polar surface area (TPSA) is 45.2 Å². The molecule has 1 N–H and O–H groups in total. The zero-order valence-corrected chi connectivity index (χ0v) is 12.7. The van der Waals surface area contributed by atoms with E-state index in [1.54, 1.807) is 6.20 Å². The van der Waals surface area contributed by atoms with Gasteiger partial charge < -0.3 is 10.2 Å². The molecule has 4 heteroatoms. The van der Waals surface area contributed by atoms with E-state index in [1.807, 2.05) is 59.5 Å². The molecular weight excluding hydrogens is 286 g/mol. The van der Waals surface area contributed by atoms with E-state index in [4.69, 9.17) is 0 Å². The van der Waals surface area contributed by atoms with Gasteiger partial charge in [-0.1, -0.05) is 42.5 Å². The van der Waals surface area contributed by atoms with Gasteiger partial charge in [-0.3, -0.25) is 4.79 Å².